The van der Waals surface area contributed by atoms with Crippen LogP contribution in [0.25, 0.3) is 11.0 Å². The van der Waals surface area contributed by atoms with Crippen molar-refractivity contribution in [2.45, 2.75) is 19.9 Å². The van der Waals surface area contributed by atoms with Crippen molar-refractivity contribution in [2.24, 2.45) is 0 Å². The molecule has 6 heteroatoms. The molecule has 0 atom stereocenters. The lowest BCUT2D eigenvalue weighted by Crippen LogP contribution is -2.45. The summed E-state index contributed by atoms with van der Waals surface area (Å²) >= 11 is 0. The summed E-state index contributed by atoms with van der Waals surface area (Å²) in [7, 11) is 0. The molecular formula is C22H23N5O. The molecule has 3 aromatic rings. The summed E-state index contributed by atoms with van der Waals surface area (Å²) in [5, 5.41) is 8.93. The first kappa shape index (κ1) is 18.2. The molecule has 0 saturated carbocycles. The Bertz CT molecular complexity index is 1070. The third-order valence-electron chi connectivity index (χ3n) is 5.35. The second-order valence-electron chi connectivity index (χ2n) is 7.18. The van der Waals surface area contributed by atoms with Crippen LogP contribution in [0.4, 0.5) is 5.69 Å². The fourth-order valence-corrected chi connectivity index (χ4v) is 3.69. The second kappa shape index (κ2) is 7.83. The maximum absolute atomic E-state index is 12.1. The lowest BCUT2D eigenvalue weighted by Gasteiger charge is -2.36. The van der Waals surface area contributed by atoms with Gasteiger partial charge in [-0.1, -0.05) is 6.92 Å². The first-order chi connectivity index (χ1) is 13.7. The van der Waals surface area contributed by atoms with Gasteiger partial charge < -0.3 is 9.88 Å². The van der Waals surface area contributed by atoms with Crippen molar-refractivity contribution in [2.75, 3.05) is 31.1 Å². The van der Waals surface area contributed by atoms with Crippen LogP contribution in [-0.2, 0) is 13.0 Å². The van der Waals surface area contributed by atoms with Gasteiger partial charge in [0.2, 0.25) is 0 Å². The van der Waals surface area contributed by atoms with E-state index in [4.69, 9.17) is 5.26 Å². The molecule has 1 aromatic carbocycles. The number of aromatic nitrogens is 2. The van der Waals surface area contributed by atoms with E-state index in [9.17, 15) is 4.79 Å². The number of piperazine rings is 1. The van der Waals surface area contributed by atoms with Gasteiger partial charge in [-0.05, 0) is 48.4 Å². The van der Waals surface area contributed by atoms with E-state index < -0.39 is 0 Å². The van der Waals surface area contributed by atoms with E-state index in [1.165, 1.54) is 0 Å². The van der Waals surface area contributed by atoms with Crippen molar-refractivity contribution in [3.05, 3.63) is 69.6 Å². The zero-order valence-electron chi connectivity index (χ0n) is 16.0. The Morgan fingerprint density at radius 3 is 2.57 bits per heavy atom. The summed E-state index contributed by atoms with van der Waals surface area (Å²) in [5.41, 5.74) is 5.35. The molecule has 0 aliphatic carbocycles. The molecule has 1 saturated heterocycles. The average molecular weight is 373 g/mol. The number of fused-ring (bicyclic) bond motifs is 1. The lowest BCUT2D eigenvalue weighted by molar-refractivity contribution is 0.249. The predicted molar refractivity (Wildman–Crippen MR) is 110 cm³/mol. The van der Waals surface area contributed by atoms with Crippen molar-refractivity contribution < 1.29 is 0 Å². The Hall–Kier alpha value is -3.17. The highest BCUT2D eigenvalue weighted by molar-refractivity contribution is 5.74. The molecule has 0 radical (unpaired) electrons. The summed E-state index contributed by atoms with van der Waals surface area (Å²) < 4.78 is 0. The van der Waals surface area contributed by atoms with E-state index in [2.05, 4.69) is 25.8 Å². The van der Waals surface area contributed by atoms with Crippen molar-refractivity contribution in [3.8, 4) is 6.07 Å². The number of nitrogens with one attached hydrogen (secondary N) is 1. The summed E-state index contributed by atoms with van der Waals surface area (Å²) in [5.74, 6) is 0. The molecule has 0 spiro atoms. The first-order valence-electron chi connectivity index (χ1n) is 9.64. The maximum Gasteiger partial charge on any atom is 0.251 e. The van der Waals surface area contributed by atoms with Gasteiger partial charge >= 0.3 is 0 Å². The van der Waals surface area contributed by atoms with Gasteiger partial charge in [-0.3, -0.25) is 14.7 Å². The van der Waals surface area contributed by atoms with Gasteiger partial charge in [-0.15, -0.1) is 0 Å². The number of nitriles is 1. The zero-order valence-corrected chi connectivity index (χ0v) is 16.0. The highest BCUT2D eigenvalue weighted by Crippen LogP contribution is 2.19. The number of hydrogen-bond acceptors (Lipinski definition) is 5. The topological polar surface area (TPSA) is 76.0 Å². The van der Waals surface area contributed by atoms with E-state index in [1.807, 2.05) is 49.5 Å². The smallest absolute Gasteiger partial charge is 0.251 e. The Morgan fingerprint density at radius 1 is 1.14 bits per heavy atom. The molecule has 3 heterocycles. The van der Waals surface area contributed by atoms with E-state index in [-0.39, 0.29) is 5.56 Å². The number of benzene rings is 1. The number of nitrogens with zero attached hydrogens (tertiary/aromatic N) is 4. The SMILES string of the molecule is CCc1cc2ncc(CN3CCN(c4ccc(C#N)cc4)CC3)cc2[nH]c1=O. The van der Waals surface area contributed by atoms with Crippen molar-refractivity contribution in [1.82, 2.24) is 14.9 Å². The molecule has 28 heavy (non-hydrogen) atoms. The van der Waals surface area contributed by atoms with Gasteiger partial charge in [0.05, 0.1) is 22.7 Å². The van der Waals surface area contributed by atoms with Crippen LogP contribution in [0.3, 0.4) is 0 Å². The molecule has 0 amide bonds. The van der Waals surface area contributed by atoms with Gasteiger partial charge in [-0.2, -0.15) is 5.26 Å². The summed E-state index contributed by atoms with van der Waals surface area (Å²) in [6.45, 7) is 6.61. The molecule has 0 unspecified atom stereocenters. The molecule has 1 aliphatic rings. The Morgan fingerprint density at radius 2 is 1.89 bits per heavy atom. The molecule has 4 rings (SSSR count). The molecule has 1 aliphatic heterocycles. The van der Waals surface area contributed by atoms with Crippen LogP contribution in [0.15, 0.2) is 47.4 Å². The van der Waals surface area contributed by atoms with E-state index in [0.717, 1.165) is 60.6 Å². The van der Waals surface area contributed by atoms with Crippen LogP contribution >= 0.6 is 0 Å². The fraction of sp³-hybridized carbons (Fsp3) is 0.318. The molecule has 142 valence electrons. The summed E-state index contributed by atoms with van der Waals surface area (Å²) in [6, 6.07) is 13.8. The van der Waals surface area contributed by atoms with Gasteiger partial charge in [-0.25, -0.2) is 0 Å². The van der Waals surface area contributed by atoms with E-state index in [1.54, 1.807) is 0 Å². The Balaban J connectivity index is 1.41. The fourth-order valence-electron chi connectivity index (χ4n) is 3.69. The number of anilines is 1. The summed E-state index contributed by atoms with van der Waals surface area (Å²) in [4.78, 5) is 24.3. The molecule has 1 fully saturated rings. The van der Waals surface area contributed by atoms with Crippen LogP contribution in [-0.4, -0.2) is 41.0 Å². The van der Waals surface area contributed by atoms with Gasteiger partial charge in [0, 0.05) is 50.2 Å². The third-order valence-corrected chi connectivity index (χ3v) is 5.35. The van der Waals surface area contributed by atoms with Gasteiger partial charge in [0.15, 0.2) is 0 Å². The number of rotatable bonds is 4. The van der Waals surface area contributed by atoms with Crippen molar-refractivity contribution in [1.29, 1.82) is 5.26 Å². The highest BCUT2D eigenvalue weighted by atomic mass is 16.1. The number of hydrogen-bond donors (Lipinski definition) is 1. The average Bonchev–Trinajstić information content (AvgIpc) is 2.74. The monoisotopic (exact) mass is 373 g/mol. The number of pyridine rings is 2. The zero-order chi connectivity index (χ0) is 19.5. The van der Waals surface area contributed by atoms with Gasteiger partial charge in [0.25, 0.3) is 5.56 Å². The standard InChI is InChI=1S/C22H23N5O/c1-2-18-12-20-21(25-22(18)28)11-17(14-24-20)15-26-7-9-27(10-8-26)19-5-3-16(13-23)4-6-19/h3-6,11-12,14H,2,7-10,15H2,1H3,(H,25,28). The number of H-pyrrole nitrogens is 1. The molecular weight excluding hydrogens is 350 g/mol. The second-order valence-corrected chi connectivity index (χ2v) is 7.18. The first-order valence-corrected chi connectivity index (χ1v) is 9.64. The Kier molecular flexibility index (Phi) is 5.09. The molecule has 6 nitrogen and oxygen atoms in total. The highest BCUT2D eigenvalue weighted by Gasteiger charge is 2.17. The number of aromatic amines is 1. The van der Waals surface area contributed by atoms with E-state index >= 15 is 0 Å². The minimum Gasteiger partial charge on any atom is -0.369 e. The molecule has 0 bridgehead atoms. The minimum absolute atomic E-state index is 0.0232. The normalized spacial score (nSPS) is 14.9. The molecule has 2 aromatic heterocycles. The number of aryl methyl sites for hydroxylation is 1. The maximum atomic E-state index is 12.1. The summed E-state index contributed by atoms with van der Waals surface area (Å²) in [6.07, 6.45) is 2.62. The largest absolute Gasteiger partial charge is 0.369 e. The van der Waals surface area contributed by atoms with Crippen LogP contribution in [0, 0.1) is 11.3 Å². The lowest BCUT2D eigenvalue weighted by atomic mass is 10.1. The quantitative estimate of drug-likeness (QED) is 0.761. The van der Waals surface area contributed by atoms with Crippen LogP contribution in [0.5, 0.6) is 0 Å². The van der Waals surface area contributed by atoms with Gasteiger partial charge in [0.1, 0.15) is 0 Å². The van der Waals surface area contributed by atoms with Crippen LogP contribution < -0.4 is 10.5 Å². The van der Waals surface area contributed by atoms with Crippen molar-refractivity contribution in [3.63, 3.8) is 0 Å². The van der Waals surface area contributed by atoms with Crippen LogP contribution in [0.2, 0.25) is 0 Å². The van der Waals surface area contributed by atoms with Crippen LogP contribution in [0.1, 0.15) is 23.6 Å². The predicted octanol–water partition coefficient (Wildman–Crippen LogP) is 2.68. The molecule has 1 N–H and O–H groups in total. The third kappa shape index (κ3) is 3.75. The van der Waals surface area contributed by atoms with E-state index in [0.29, 0.717) is 12.0 Å². The minimum atomic E-state index is -0.0232. The van der Waals surface area contributed by atoms with Crippen molar-refractivity contribution >= 4 is 16.7 Å². The Labute approximate surface area is 164 Å².